The molecule has 1 heterocycles. The molecule has 0 unspecified atom stereocenters. The van der Waals surface area contributed by atoms with Gasteiger partial charge in [0.2, 0.25) is 5.91 Å². The first-order chi connectivity index (χ1) is 14.5. The van der Waals surface area contributed by atoms with Gasteiger partial charge in [0.15, 0.2) is 0 Å². The fourth-order valence-corrected chi connectivity index (χ4v) is 4.06. The summed E-state index contributed by atoms with van der Waals surface area (Å²) in [6.07, 6.45) is 7.80. The number of hydrogen-bond donors (Lipinski definition) is 1. The highest BCUT2D eigenvalue weighted by molar-refractivity contribution is 5.93. The van der Waals surface area contributed by atoms with Crippen LogP contribution in [0.2, 0.25) is 0 Å². The Morgan fingerprint density at radius 3 is 2.57 bits per heavy atom. The number of pyridine rings is 1. The Morgan fingerprint density at radius 2 is 1.83 bits per heavy atom. The van der Waals surface area contributed by atoms with Crippen molar-refractivity contribution >= 4 is 11.8 Å². The smallest absolute Gasteiger partial charge is 0.263 e. The van der Waals surface area contributed by atoms with Gasteiger partial charge < -0.3 is 14.8 Å². The van der Waals surface area contributed by atoms with E-state index in [2.05, 4.69) is 5.32 Å². The summed E-state index contributed by atoms with van der Waals surface area (Å²) in [5.74, 6) is -0.503. The summed E-state index contributed by atoms with van der Waals surface area (Å²) in [4.78, 5) is 39.7. The maximum Gasteiger partial charge on any atom is 0.263 e. The van der Waals surface area contributed by atoms with Crippen molar-refractivity contribution in [2.24, 2.45) is 0 Å². The molecule has 0 bridgehead atoms. The third-order valence-corrected chi connectivity index (χ3v) is 6.03. The molecule has 1 aromatic heterocycles. The normalized spacial score (nSPS) is 14.3. The maximum absolute atomic E-state index is 12.8. The quantitative estimate of drug-likeness (QED) is 0.764. The van der Waals surface area contributed by atoms with Crippen LogP contribution < -0.4 is 10.9 Å². The Kier molecular flexibility index (Phi) is 7.44. The molecule has 0 aliphatic heterocycles. The van der Waals surface area contributed by atoms with Crippen LogP contribution in [-0.2, 0) is 17.8 Å². The van der Waals surface area contributed by atoms with Crippen molar-refractivity contribution in [3.63, 3.8) is 0 Å². The van der Waals surface area contributed by atoms with Crippen molar-refractivity contribution in [3.8, 4) is 0 Å². The van der Waals surface area contributed by atoms with Crippen LogP contribution in [0.3, 0.4) is 0 Å². The topological polar surface area (TPSA) is 71.4 Å². The summed E-state index contributed by atoms with van der Waals surface area (Å²) in [7, 11) is 1.81. The number of aromatic nitrogens is 1. The Bertz CT molecular complexity index is 945. The van der Waals surface area contributed by atoms with E-state index in [9.17, 15) is 14.4 Å². The van der Waals surface area contributed by atoms with Crippen LogP contribution in [-0.4, -0.2) is 40.9 Å². The molecule has 0 spiro atoms. The van der Waals surface area contributed by atoms with Crippen molar-refractivity contribution in [2.45, 2.75) is 58.0 Å². The molecular weight excluding hydrogens is 378 g/mol. The van der Waals surface area contributed by atoms with Gasteiger partial charge in [-0.05, 0) is 49.4 Å². The Hall–Kier alpha value is -2.89. The molecule has 1 N–H and O–H groups in total. The average molecular weight is 410 g/mol. The van der Waals surface area contributed by atoms with Gasteiger partial charge in [0, 0.05) is 25.8 Å². The van der Waals surface area contributed by atoms with Gasteiger partial charge in [-0.15, -0.1) is 0 Å². The fraction of sp³-hybridized carbons (Fsp3) is 0.458. The average Bonchev–Trinajstić information content (AvgIpc) is 2.76. The van der Waals surface area contributed by atoms with Crippen molar-refractivity contribution in [1.82, 2.24) is 14.8 Å². The van der Waals surface area contributed by atoms with Crippen LogP contribution in [0.1, 0.15) is 53.6 Å². The Labute approximate surface area is 177 Å². The van der Waals surface area contributed by atoms with Crippen molar-refractivity contribution in [1.29, 1.82) is 0 Å². The first-order valence-corrected chi connectivity index (χ1v) is 10.7. The fourth-order valence-electron chi connectivity index (χ4n) is 4.06. The first-order valence-electron chi connectivity index (χ1n) is 10.7. The third-order valence-electron chi connectivity index (χ3n) is 6.03. The van der Waals surface area contributed by atoms with E-state index in [1.807, 2.05) is 38.2 Å². The van der Waals surface area contributed by atoms with Crippen molar-refractivity contribution in [2.75, 3.05) is 13.6 Å². The molecule has 30 heavy (non-hydrogen) atoms. The molecule has 0 saturated heterocycles. The largest absolute Gasteiger partial charge is 0.352 e. The molecule has 1 aromatic carbocycles. The molecule has 0 radical (unpaired) electrons. The predicted molar refractivity (Wildman–Crippen MR) is 118 cm³/mol. The van der Waals surface area contributed by atoms with Gasteiger partial charge in [0.05, 0.1) is 0 Å². The lowest BCUT2D eigenvalue weighted by Gasteiger charge is -2.31. The minimum atomic E-state index is -0.434. The van der Waals surface area contributed by atoms with Crippen molar-refractivity contribution in [3.05, 3.63) is 69.6 Å². The number of hydrogen-bond acceptors (Lipinski definition) is 3. The van der Waals surface area contributed by atoms with Crippen molar-refractivity contribution < 1.29 is 9.59 Å². The highest BCUT2D eigenvalue weighted by atomic mass is 16.2. The van der Waals surface area contributed by atoms with Gasteiger partial charge in [-0.3, -0.25) is 14.4 Å². The summed E-state index contributed by atoms with van der Waals surface area (Å²) in [6, 6.07) is 11.4. The third kappa shape index (κ3) is 5.38. The second-order valence-corrected chi connectivity index (χ2v) is 8.08. The molecule has 3 rings (SSSR count). The molecular formula is C24H31N3O3. The highest BCUT2D eigenvalue weighted by Crippen LogP contribution is 2.21. The van der Waals surface area contributed by atoms with E-state index in [0.717, 1.165) is 25.7 Å². The van der Waals surface area contributed by atoms with Crippen LogP contribution in [0.15, 0.2) is 47.4 Å². The monoisotopic (exact) mass is 409 g/mol. The molecule has 2 amide bonds. The van der Waals surface area contributed by atoms with Gasteiger partial charge in [0.1, 0.15) is 12.1 Å². The lowest BCUT2D eigenvalue weighted by molar-refractivity contribution is -0.133. The number of carbonyl (C=O) groups is 2. The van der Waals surface area contributed by atoms with Gasteiger partial charge in [-0.2, -0.15) is 0 Å². The number of rotatable bonds is 7. The summed E-state index contributed by atoms with van der Waals surface area (Å²) < 4.78 is 1.33. The number of benzene rings is 1. The highest BCUT2D eigenvalue weighted by Gasteiger charge is 2.23. The standard InChI is InChI=1S/C24H31N3O3/c1-18-9-6-7-10-19(18)14-15-25-23(29)21-13-8-16-27(24(21)30)17-22(28)26(2)20-11-4-3-5-12-20/h6-10,13,16,20H,3-5,11-12,14-15,17H2,1-2H3,(H,25,29). The van der Waals surface area contributed by atoms with E-state index in [1.54, 1.807) is 17.2 Å². The number of amides is 2. The van der Waals surface area contributed by atoms with E-state index < -0.39 is 11.5 Å². The van der Waals surface area contributed by atoms with Gasteiger partial charge in [0.25, 0.3) is 11.5 Å². The van der Waals surface area contributed by atoms with Crippen LogP contribution in [0.5, 0.6) is 0 Å². The van der Waals surface area contributed by atoms with E-state index in [-0.39, 0.29) is 24.1 Å². The van der Waals surface area contributed by atoms with Crippen LogP contribution in [0.4, 0.5) is 0 Å². The summed E-state index contributed by atoms with van der Waals surface area (Å²) in [5.41, 5.74) is 1.97. The molecule has 1 aliphatic carbocycles. The number of likely N-dealkylation sites (N-methyl/N-ethyl adjacent to an activating group) is 1. The molecule has 1 fully saturated rings. The maximum atomic E-state index is 12.8. The summed E-state index contributed by atoms with van der Waals surface area (Å²) >= 11 is 0. The summed E-state index contributed by atoms with van der Waals surface area (Å²) in [6.45, 7) is 2.44. The zero-order valence-electron chi connectivity index (χ0n) is 17.9. The van der Waals surface area contributed by atoms with Gasteiger partial charge in [-0.1, -0.05) is 43.5 Å². The summed E-state index contributed by atoms with van der Waals surface area (Å²) in [5, 5.41) is 2.82. The molecule has 2 aromatic rings. The zero-order valence-corrected chi connectivity index (χ0v) is 17.9. The molecule has 1 saturated carbocycles. The molecule has 6 heteroatoms. The van der Waals surface area contributed by atoms with Gasteiger partial charge in [-0.25, -0.2) is 0 Å². The number of nitrogens with zero attached hydrogens (tertiary/aromatic N) is 2. The number of carbonyl (C=O) groups excluding carboxylic acids is 2. The number of nitrogens with one attached hydrogen (secondary N) is 1. The molecule has 160 valence electrons. The van der Waals surface area contributed by atoms with E-state index in [4.69, 9.17) is 0 Å². The molecule has 1 aliphatic rings. The van der Waals surface area contributed by atoms with E-state index in [0.29, 0.717) is 13.0 Å². The second-order valence-electron chi connectivity index (χ2n) is 8.08. The Morgan fingerprint density at radius 1 is 1.10 bits per heavy atom. The van der Waals surface area contributed by atoms with Crippen LogP contribution in [0.25, 0.3) is 0 Å². The predicted octanol–water partition coefficient (Wildman–Crippen LogP) is 2.92. The minimum Gasteiger partial charge on any atom is -0.352 e. The first kappa shape index (κ1) is 21.8. The van der Waals surface area contributed by atoms with Gasteiger partial charge >= 0.3 is 0 Å². The lowest BCUT2D eigenvalue weighted by Crippen LogP contribution is -2.42. The molecule has 6 nitrogen and oxygen atoms in total. The second kappa shape index (κ2) is 10.2. The lowest BCUT2D eigenvalue weighted by atomic mass is 9.94. The van der Waals surface area contributed by atoms with E-state index in [1.165, 1.54) is 28.2 Å². The van der Waals surface area contributed by atoms with Crippen LogP contribution in [0, 0.1) is 6.92 Å². The van der Waals surface area contributed by atoms with Crippen LogP contribution >= 0.6 is 0 Å². The minimum absolute atomic E-state index is 0.0455. The Balaban J connectivity index is 1.61. The number of aryl methyl sites for hydroxylation is 1. The SMILES string of the molecule is Cc1ccccc1CCNC(=O)c1cccn(CC(=O)N(C)C2CCCCC2)c1=O. The molecule has 0 atom stereocenters. The van der Waals surface area contributed by atoms with E-state index >= 15 is 0 Å². The zero-order chi connectivity index (χ0) is 21.5.